The standard InChI is InChI=1S/C12H25NO/c1-5-7-9-11(8-6-2)10-12(14)13(3)4/h11H,5-10H2,1-4H3. The molecule has 0 saturated carbocycles. The SMILES string of the molecule is CCCCC(CCC)CC(=O)N(C)C. The van der Waals surface area contributed by atoms with E-state index >= 15 is 0 Å². The van der Waals surface area contributed by atoms with Crippen LogP contribution in [0.4, 0.5) is 0 Å². The van der Waals surface area contributed by atoms with Crippen molar-refractivity contribution in [1.82, 2.24) is 4.90 Å². The maximum Gasteiger partial charge on any atom is 0.222 e. The molecule has 0 rings (SSSR count). The van der Waals surface area contributed by atoms with E-state index in [1.54, 1.807) is 4.90 Å². The molecule has 0 aromatic carbocycles. The lowest BCUT2D eigenvalue weighted by Crippen LogP contribution is -2.24. The van der Waals surface area contributed by atoms with Gasteiger partial charge in [0.25, 0.3) is 0 Å². The van der Waals surface area contributed by atoms with Gasteiger partial charge < -0.3 is 4.90 Å². The maximum absolute atomic E-state index is 11.5. The molecule has 84 valence electrons. The van der Waals surface area contributed by atoms with Gasteiger partial charge in [0.2, 0.25) is 5.91 Å². The number of carbonyl (C=O) groups excluding carboxylic acids is 1. The minimum absolute atomic E-state index is 0.277. The van der Waals surface area contributed by atoms with Crippen molar-refractivity contribution in [2.75, 3.05) is 14.1 Å². The fourth-order valence-electron chi connectivity index (χ4n) is 1.68. The zero-order chi connectivity index (χ0) is 11.0. The topological polar surface area (TPSA) is 20.3 Å². The van der Waals surface area contributed by atoms with E-state index in [4.69, 9.17) is 0 Å². The molecular formula is C12H25NO. The van der Waals surface area contributed by atoms with Crippen molar-refractivity contribution in [2.45, 2.75) is 52.4 Å². The van der Waals surface area contributed by atoms with E-state index < -0.39 is 0 Å². The van der Waals surface area contributed by atoms with E-state index in [1.807, 2.05) is 14.1 Å². The Morgan fingerprint density at radius 2 is 1.79 bits per heavy atom. The van der Waals surface area contributed by atoms with E-state index in [0.29, 0.717) is 5.92 Å². The second kappa shape index (κ2) is 7.84. The van der Waals surface area contributed by atoms with Crippen LogP contribution in [0.3, 0.4) is 0 Å². The average molecular weight is 199 g/mol. The highest BCUT2D eigenvalue weighted by Crippen LogP contribution is 2.19. The Kier molecular flexibility index (Phi) is 7.54. The number of rotatable bonds is 7. The minimum Gasteiger partial charge on any atom is -0.349 e. The zero-order valence-electron chi connectivity index (χ0n) is 10.2. The monoisotopic (exact) mass is 199 g/mol. The van der Waals surface area contributed by atoms with Gasteiger partial charge in [0.15, 0.2) is 0 Å². The molecule has 0 bridgehead atoms. The molecule has 0 aliphatic rings. The van der Waals surface area contributed by atoms with Crippen molar-refractivity contribution >= 4 is 5.91 Å². The Hall–Kier alpha value is -0.530. The van der Waals surface area contributed by atoms with E-state index in [1.165, 1.54) is 32.1 Å². The van der Waals surface area contributed by atoms with Crippen molar-refractivity contribution in [3.63, 3.8) is 0 Å². The van der Waals surface area contributed by atoms with Gasteiger partial charge in [-0.05, 0) is 12.3 Å². The van der Waals surface area contributed by atoms with Crippen molar-refractivity contribution in [1.29, 1.82) is 0 Å². The first-order valence-corrected chi connectivity index (χ1v) is 5.81. The summed E-state index contributed by atoms with van der Waals surface area (Å²) in [5.41, 5.74) is 0. The third-order valence-electron chi connectivity index (χ3n) is 2.62. The normalized spacial score (nSPS) is 12.6. The largest absolute Gasteiger partial charge is 0.349 e. The predicted octanol–water partition coefficient (Wildman–Crippen LogP) is 3.07. The molecule has 0 aliphatic heterocycles. The molecule has 0 aliphatic carbocycles. The highest BCUT2D eigenvalue weighted by Gasteiger charge is 2.13. The van der Waals surface area contributed by atoms with Crippen molar-refractivity contribution in [3.05, 3.63) is 0 Å². The smallest absolute Gasteiger partial charge is 0.222 e. The minimum atomic E-state index is 0.277. The maximum atomic E-state index is 11.5. The molecule has 0 N–H and O–H groups in total. The molecule has 1 unspecified atom stereocenters. The molecule has 14 heavy (non-hydrogen) atoms. The van der Waals surface area contributed by atoms with E-state index in [0.717, 1.165) is 6.42 Å². The first-order chi connectivity index (χ1) is 6.61. The van der Waals surface area contributed by atoms with E-state index in [-0.39, 0.29) is 5.91 Å². The quantitative estimate of drug-likeness (QED) is 0.617. The fraction of sp³-hybridized carbons (Fsp3) is 0.917. The van der Waals surface area contributed by atoms with Gasteiger partial charge in [0.05, 0.1) is 0 Å². The Morgan fingerprint density at radius 3 is 2.21 bits per heavy atom. The van der Waals surface area contributed by atoms with Crippen LogP contribution < -0.4 is 0 Å². The molecule has 0 aromatic heterocycles. The lowest BCUT2D eigenvalue weighted by Gasteiger charge is -2.18. The van der Waals surface area contributed by atoms with Crippen LogP contribution in [0.25, 0.3) is 0 Å². The predicted molar refractivity (Wildman–Crippen MR) is 61.2 cm³/mol. The second-order valence-electron chi connectivity index (χ2n) is 4.29. The molecule has 0 heterocycles. The van der Waals surface area contributed by atoms with Crippen LogP contribution in [-0.4, -0.2) is 24.9 Å². The Bertz CT molecular complexity index is 154. The van der Waals surface area contributed by atoms with Gasteiger partial charge in [0.1, 0.15) is 0 Å². The number of hydrogen-bond donors (Lipinski definition) is 0. The molecule has 0 saturated heterocycles. The van der Waals surface area contributed by atoms with Crippen molar-refractivity contribution in [3.8, 4) is 0 Å². The first-order valence-electron chi connectivity index (χ1n) is 5.81. The summed E-state index contributed by atoms with van der Waals surface area (Å²) >= 11 is 0. The van der Waals surface area contributed by atoms with Crippen molar-refractivity contribution < 1.29 is 4.79 Å². The number of hydrogen-bond acceptors (Lipinski definition) is 1. The number of nitrogens with zero attached hydrogens (tertiary/aromatic N) is 1. The molecule has 0 fully saturated rings. The molecule has 2 heteroatoms. The Morgan fingerprint density at radius 1 is 1.14 bits per heavy atom. The summed E-state index contributed by atoms with van der Waals surface area (Å²) in [5, 5.41) is 0. The molecule has 1 amide bonds. The van der Waals surface area contributed by atoms with Gasteiger partial charge in [-0.25, -0.2) is 0 Å². The van der Waals surface area contributed by atoms with Crippen LogP contribution in [0.2, 0.25) is 0 Å². The van der Waals surface area contributed by atoms with E-state index in [2.05, 4.69) is 13.8 Å². The molecule has 2 nitrogen and oxygen atoms in total. The van der Waals surface area contributed by atoms with Crippen LogP contribution >= 0.6 is 0 Å². The van der Waals surface area contributed by atoms with E-state index in [9.17, 15) is 4.79 Å². The Labute approximate surface area is 88.7 Å². The van der Waals surface area contributed by atoms with Gasteiger partial charge in [0, 0.05) is 20.5 Å². The second-order valence-corrected chi connectivity index (χ2v) is 4.29. The molecular weight excluding hydrogens is 174 g/mol. The molecule has 0 spiro atoms. The first kappa shape index (κ1) is 13.5. The van der Waals surface area contributed by atoms with Gasteiger partial charge in [-0.15, -0.1) is 0 Å². The number of carbonyl (C=O) groups is 1. The summed E-state index contributed by atoms with van der Waals surface area (Å²) < 4.78 is 0. The fourth-order valence-corrected chi connectivity index (χ4v) is 1.68. The summed E-state index contributed by atoms with van der Waals surface area (Å²) in [6, 6.07) is 0. The van der Waals surface area contributed by atoms with Gasteiger partial charge >= 0.3 is 0 Å². The van der Waals surface area contributed by atoms with Crippen LogP contribution in [0.15, 0.2) is 0 Å². The summed E-state index contributed by atoms with van der Waals surface area (Å²) in [6.45, 7) is 4.40. The summed E-state index contributed by atoms with van der Waals surface area (Å²) in [7, 11) is 3.68. The highest BCUT2D eigenvalue weighted by molar-refractivity contribution is 5.75. The average Bonchev–Trinajstić information content (AvgIpc) is 2.14. The Balaban J connectivity index is 3.88. The van der Waals surface area contributed by atoms with Crippen LogP contribution in [-0.2, 0) is 4.79 Å². The summed E-state index contributed by atoms with van der Waals surface area (Å²) in [5.74, 6) is 0.884. The van der Waals surface area contributed by atoms with Crippen LogP contribution in [0.5, 0.6) is 0 Å². The highest BCUT2D eigenvalue weighted by atomic mass is 16.2. The van der Waals surface area contributed by atoms with Crippen LogP contribution in [0.1, 0.15) is 52.4 Å². The summed E-state index contributed by atoms with van der Waals surface area (Å²) in [4.78, 5) is 13.2. The third kappa shape index (κ3) is 6.01. The molecule has 0 radical (unpaired) electrons. The van der Waals surface area contributed by atoms with Crippen LogP contribution in [0, 0.1) is 5.92 Å². The lowest BCUT2D eigenvalue weighted by molar-refractivity contribution is -0.129. The molecule has 0 aromatic rings. The lowest BCUT2D eigenvalue weighted by atomic mass is 9.93. The van der Waals surface area contributed by atoms with Crippen molar-refractivity contribution in [2.24, 2.45) is 5.92 Å². The van der Waals surface area contributed by atoms with Gasteiger partial charge in [-0.1, -0.05) is 39.5 Å². The zero-order valence-corrected chi connectivity index (χ0v) is 10.2. The molecule has 1 atom stereocenters. The summed E-state index contributed by atoms with van der Waals surface area (Å²) in [6.07, 6.45) is 6.82. The third-order valence-corrected chi connectivity index (χ3v) is 2.62. The number of unbranched alkanes of at least 4 members (excludes halogenated alkanes) is 1. The number of amides is 1. The van der Waals surface area contributed by atoms with Gasteiger partial charge in [-0.2, -0.15) is 0 Å². The van der Waals surface area contributed by atoms with Gasteiger partial charge in [-0.3, -0.25) is 4.79 Å².